The van der Waals surface area contributed by atoms with Crippen molar-refractivity contribution in [3.63, 3.8) is 0 Å². The molecule has 0 spiro atoms. The van der Waals surface area contributed by atoms with E-state index in [1.54, 1.807) is 31.7 Å². The fourth-order valence-electron chi connectivity index (χ4n) is 7.30. The van der Waals surface area contributed by atoms with Crippen LogP contribution in [0.1, 0.15) is 72.8 Å². The van der Waals surface area contributed by atoms with E-state index in [1.807, 2.05) is 25.7 Å². The summed E-state index contributed by atoms with van der Waals surface area (Å²) in [6, 6.07) is 5.78. The number of fused-ring (bicyclic) bond motifs is 4. The highest BCUT2D eigenvalue weighted by molar-refractivity contribution is 7.23. The Morgan fingerprint density at radius 3 is 2.31 bits per heavy atom. The molecule has 4 aromatic rings. The highest BCUT2D eigenvalue weighted by Gasteiger charge is 2.45. The van der Waals surface area contributed by atoms with Gasteiger partial charge in [-0.3, -0.25) is 10.2 Å². The molecule has 3 aliphatic rings. The van der Waals surface area contributed by atoms with E-state index in [1.165, 1.54) is 6.07 Å². The zero-order chi connectivity index (χ0) is 38.7. The van der Waals surface area contributed by atoms with E-state index in [9.17, 15) is 14.9 Å². The van der Waals surface area contributed by atoms with Crippen LogP contribution in [0.15, 0.2) is 18.2 Å². The van der Waals surface area contributed by atoms with Gasteiger partial charge in [-0.15, -0.1) is 11.3 Å². The van der Waals surface area contributed by atoms with Crippen molar-refractivity contribution in [2.24, 2.45) is 0 Å². The summed E-state index contributed by atoms with van der Waals surface area (Å²) in [7, 11) is 0. The molecule has 0 radical (unpaired) electrons. The third-order valence-electron chi connectivity index (χ3n) is 9.46. The highest BCUT2D eigenvalue weighted by Crippen LogP contribution is 2.47. The lowest BCUT2D eigenvalue weighted by atomic mass is 9.97. The summed E-state index contributed by atoms with van der Waals surface area (Å²) in [5.74, 6) is -1.09. The van der Waals surface area contributed by atoms with Crippen molar-refractivity contribution in [3.05, 3.63) is 40.4 Å². The largest absolute Gasteiger partial charge is 0.460 e. The van der Waals surface area contributed by atoms with E-state index < -0.39 is 28.9 Å². The molecular formula is C38H41ClF2N6O6S. The average molecular weight is 783 g/mol. The summed E-state index contributed by atoms with van der Waals surface area (Å²) in [6.45, 7) is 12.4. The molecule has 2 atom stereocenters. The summed E-state index contributed by atoms with van der Waals surface area (Å²) in [4.78, 5) is 39.1. The van der Waals surface area contributed by atoms with Crippen LogP contribution in [0.5, 0.6) is 6.01 Å². The van der Waals surface area contributed by atoms with Gasteiger partial charge >= 0.3 is 18.2 Å². The third kappa shape index (κ3) is 7.43. The van der Waals surface area contributed by atoms with E-state index in [4.69, 9.17) is 35.5 Å². The molecular weight excluding hydrogens is 742 g/mol. The number of benzene rings is 2. The van der Waals surface area contributed by atoms with Crippen LogP contribution in [0.4, 0.5) is 29.2 Å². The number of aromatic nitrogens is 2. The summed E-state index contributed by atoms with van der Waals surface area (Å²) >= 11 is 7.79. The number of hydrogen-bond acceptors (Lipinski definition) is 11. The van der Waals surface area contributed by atoms with Gasteiger partial charge in [0.05, 0.1) is 40.6 Å². The number of hydrogen-bond donors (Lipinski definition) is 1. The van der Waals surface area contributed by atoms with Crippen LogP contribution >= 0.6 is 22.9 Å². The Morgan fingerprint density at radius 1 is 1.02 bits per heavy atom. The lowest BCUT2D eigenvalue weighted by Crippen LogP contribution is -2.57. The fourth-order valence-corrected chi connectivity index (χ4v) is 8.67. The van der Waals surface area contributed by atoms with Crippen molar-refractivity contribution in [3.8, 4) is 23.2 Å². The first kappa shape index (κ1) is 37.8. The number of nitrogens with zero attached hydrogens (tertiary/aromatic N) is 5. The lowest BCUT2D eigenvalue weighted by Gasteiger charge is -2.42. The number of thiophene rings is 1. The van der Waals surface area contributed by atoms with Gasteiger partial charge in [-0.25, -0.2) is 18.4 Å². The van der Waals surface area contributed by atoms with Crippen molar-refractivity contribution in [2.75, 3.05) is 36.5 Å². The fraction of sp³-hybridized carbons (Fsp3) is 0.500. The van der Waals surface area contributed by atoms with Gasteiger partial charge in [-0.05, 0) is 72.1 Å². The van der Waals surface area contributed by atoms with Gasteiger partial charge in [0.25, 0.3) is 0 Å². The van der Waals surface area contributed by atoms with E-state index in [2.05, 4.69) is 16.4 Å². The summed E-state index contributed by atoms with van der Waals surface area (Å²) in [5.41, 5.74) is -1.61. The van der Waals surface area contributed by atoms with Gasteiger partial charge in [0, 0.05) is 42.3 Å². The molecule has 2 unspecified atom stereocenters. The van der Waals surface area contributed by atoms with Gasteiger partial charge < -0.3 is 23.8 Å². The molecule has 16 heteroatoms. The maximum Gasteiger partial charge on any atom is 0.412 e. The number of rotatable bonds is 5. The molecule has 5 heterocycles. The van der Waals surface area contributed by atoms with Crippen molar-refractivity contribution in [1.29, 1.82) is 5.26 Å². The Labute approximate surface area is 320 Å². The first-order chi connectivity index (χ1) is 25.5. The molecule has 3 saturated heterocycles. The van der Waals surface area contributed by atoms with Crippen molar-refractivity contribution >= 4 is 66.9 Å². The first-order valence-electron chi connectivity index (χ1n) is 17.9. The van der Waals surface area contributed by atoms with E-state index >= 15 is 8.78 Å². The monoisotopic (exact) mass is 782 g/mol. The molecule has 0 aliphatic carbocycles. The molecule has 2 aromatic heterocycles. The van der Waals surface area contributed by atoms with Crippen molar-refractivity contribution in [2.45, 2.75) is 96.6 Å². The molecule has 7 rings (SSSR count). The van der Waals surface area contributed by atoms with Gasteiger partial charge in [-0.1, -0.05) is 17.7 Å². The smallest absolute Gasteiger partial charge is 0.412 e. The van der Waals surface area contributed by atoms with Crippen molar-refractivity contribution < 1.29 is 37.3 Å². The van der Waals surface area contributed by atoms with Crippen LogP contribution in [0, 0.1) is 23.0 Å². The standard InChI is InChI=1S/C38H41ClF2N6O6S/c1-37(2,3)52-35(48)45-33-24(16-42)27-22(9-10-26(40)31(27)54-33)28-25(39)15-23-30(29(28)41)43-34(51-21-11-13-50-14-12-21)44-32(23)46-17-19-7-8-20(18-46)47(19)36(49)53-38(4,5)6/h9-10,15,19-21H,7-8,11-14,17-18H2,1-6H3,(H,45,48). The SMILES string of the molecule is CC(C)(C)OC(=O)Nc1sc2c(F)ccc(-c3c(Cl)cc4c(N5CC6CCC(C5)N6C(=O)OC(C)(C)C)nc(OC5CCOCC5)nc4c3F)c2c1C#N. The van der Waals surface area contributed by atoms with Crippen LogP contribution in [0.25, 0.3) is 32.1 Å². The minimum absolute atomic E-state index is 0.0240. The lowest BCUT2D eigenvalue weighted by molar-refractivity contribution is 0.0121. The predicted octanol–water partition coefficient (Wildman–Crippen LogP) is 8.81. The number of ether oxygens (including phenoxy) is 4. The molecule has 3 aliphatic heterocycles. The minimum atomic E-state index is -0.830. The van der Waals surface area contributed by atoms with Crippen LogP contribution in [0.2, 0.25) is 5.02 Å². The molecule has 2 amide bonds. The third-order valence-corrected chi connectivity index (χ3v) is 10.9. The van der Waals surface area contributed by atoms with Crippen LogP contribution < -0.4 is 15.0 Å². The van der Waals surface area contributed by atoms with E-state index in [0.29, 0.717) is 50.3 Å². The minimum Gasteiger partial charge on any atom is -0.460 e. The highest BCUT2D eigenvalue weighted by atomic mass is 35.5. The maximum atomic E-state index is 17.3. The Hall–Kier alpha value is -4.52. The molecule has 286 valence electrons. The molecule has 3 fully saturated rings. The van der Waals surface area contributed by atoms with Crippen molar-refractivity contribution in [1.82, 2.24) is 14.9 Å². The van der Waals surface area contributed by atoms with Gasteiger partial charge in [0.1, 0.15) is 45.5 Å². The Bertz CT molecular complexity index is 2180. The number of nitrogens with one attached hydrogen (secondary N) is 1. The normalized spacial score (nSPS) is 19.3. The second-order valence-electron chi connectivity index (χ2n) is 15.7. The van der Waals surface area contributed by atoms with Gasteiger partial charge in [0.2, 0.25) is 0 Å². The zero-order valence-electron chi connectivity index (χ0n) is 30.8. The number of carbonyl (C=O) groups is 2. The summed E-state index contributed by atoms with van der Waals surface area (Å²) < 4.78 is 55.5. The summed E-state index contributed by atoms with van der Waals surface area (Å²) in [6.07, 6.45) is 1.28. The first-order valence-corrected chi connectivity index (χ1v) is 19.1. The molecule has 12 nitrogen and oxygen atoms in total. The van der Waals surface area contributed by atoms with Crippen LogP contribution in [-0.2, 0) is 14.2 Å². The maximum absolute atomic E-state index is 17.3. The molecule has 0 saturated carbocycles. The number of piperazine rings is 1. The number of nitriles is 1. The Morgan fingerprint density at radius 2 is 1.69 bits per heavy atom. The molecule has 54 heavy (non-hydrogen) atoms. The number of anilines is 2. The number of amides is 2. The summed E-state index contributed by atoms with van der Waals surface area (Å²) in [5, 5.41) is 13.3. The molecule has 1 N–H and O–H groups in total. The van der Waals surface area contributed by atoms with Gasteiger partial charge in [-0.2, -0.15) is 15.2 Å². The Kier molecular flexibility index (Phi) is 9.99. The topological polar surface area (TPSA) is 139 Å². The molecule has 2 aromatic carbocycles. The van der Waals surface area contributed by atoms with E-state index in [0.717, 1.165) is 30.2 Å². The second-order valence-corrected chi connectivity index (χ2v) is 17.2. The number of halogens is 3. The predicted molar refractivity (Wildman–Crippen MR) is 201 cm³/mol. The van der Waals surface area contributed by atoms with Gasteiger partial charge in [0.15, 0.2) is 5.82 Å². The number of carbonyl (C=O) groups excluding carboxylic acids is 2. The zero-order valence-corrected chi connectivity index (χ0v) is 32.4. The van der Waals surface area contributed by atoms with E-state index in [-0.39, 0.29) is 72.6 Å². The average Bonchev–Trinajstić information content (AvgIpc) is 3.58. The second kappa shape index (κ2) is 14.3. The van der Waals surface area contributed by atoms with Crippen LogP contribution in [0.3, 0.4) is 0 Å². The molecule has 2 bridgehead atoms. The quantitative estimate of drug-likeness (QED) is 0.209. The van der Waals surface area contributed by atoms with Crippen LogP contribution in [-0.4, -0.2) is 82.7 Å². The Balaban J connectivity index is 1.34.